The molecule has 1 atom stereocenters. The van der Waals surface area contributed by atoms with E-state index >= 15 is 0 Å². The molecule has 0 bridgehead atoms. The van der Waals surface area contributed by atoms with Gasteiger partial charge in [0.25, 0.3) is 0 Å². The lowest BCUT2D eigenvalue weighted by Crippen LogP contribution is -2.43. The number of hydrogen-bond acceptors (Lipinski definition) is 2. The molecule has 114 valence electrons. The molecule has 2 aromatic rings. The maximum absolute atomic E-state index is 14.1. The SMILES string of the molecule is O=C[C@@H]1CCCCN1P(=O)(c1ccccc1)c1ccccc1. The fourth-order valence-electron chi connectivity index (χ4n) is 3.14. The summed E-state index contributed by atoms with van der Waals surface area (Å²) in [6.07, 6.45) is 3.74. The van der Waals surface area contributed by atoms with Crippen LogP contribution in [-0.4, -0.2) is 23.5 Å². The Hall–Kier alpha value is -1.70. The maximum atomic E-state index is 14.1. The summed E-state index contributed by atoms with van der Waals surface area (Å²) in [6.45, 7) is 0.699. The fourth-order valence-corrected chi connectivity index (χ4v) is 6.19. The van der Waals surface area contributed by atoms with Crippen molar-refractivity contribution in [2.24, 2.45) is 0 Å². The molecule has 0 amide bonds. The summed E-state index contributed by atoms with van der Waals surface area (Å²) in [5.74, 6) is 0. The maximum Gasteiger partial charge on any atom is 0.207 e. The van der Waals surface area contributed by atoms with Crippen LogP contribution in [0.25, 0.3) is 0 Å². The minimum Gasteiger partial charge on any atom is -0.302 e. The molecule has 1 aliphatic rings. The molecule has 0 unspecified atom stereocenters. The number of carbonyl (C=O) groups excluding carboxylic acids is 1. The number of rotatable bonds is 4. The number of piperidine rings is 1. The normalized spacial score (nSPS) is 19.7. The molecule has 0 aromatic heterocycles. The van der Waals surface area contributed by atoms with Crippen molar-refractivity contribution in [2.45, 2.75) is 25.3 Å². The Balaban J connectivity index is 2.15. The third-order valence-electron chi connectivity index (χ3n) is 4.25. The second-order valence-electron chi connectivity index (χ2n) is 5.61. The highest BCUT2D eigenvalue weighted by molar-refractivity contribution is 7.76. The van der Waals surface area contributed by atoms with Crippen LogP contribution in [0.5, 0.6) is 0 Å². The van der Waals surface area contributed by atoms with Gasteiger partial charge in [0.1, 0.15) is 6.29 Å². The van der Waals surface area contributed by atoms with Gasteiger partial charge in [-0.05, 0) is 37.1 Å². The minimum absolute atomic E-state index is 0.264. The summed E-state index contributed by atoms with van der Waals surface area (Å²) in [5.41, 5.74) is 0. The van der Waals surface area contributed by atoms with Crippen molar-refractivity contribution in [3.8, 4) is 0 Å². The number of carbonyl (C=O) groups is 1. The molecular formula is C18H20NO2P. The fraction of sp³-hybridized carbons (Fsp3) is 0.278. The number of aldehydes is 1. The van der Waals surface area contributed by atoms with Gasteiger partial charge in [0, 0.05) is 17.2 Å². The number of hydrogen-bond donors (Lipinski definition) is 0. The van der Waals surface area contributed by atoms with Gasteiger partial charge >= 0.3 is 0 Å². The van der Waals surface area contributed by atoms with Crippen LogP contribution in [0.1, 0.15) is 19.3 Å². The van der Waals surface area contributed by atoms with E-state index in [1.54, 1.807) is 0 Å². The number of benzene rings is 2. The van der Waals surface area contributed by atoms with E-state index in [2.05, 4.69) is 0 Å². The predicted molar refractivity (Wildman–Crippen MR) is 90.2 cm³/mol. The smallest absolute Gasteiger partial charge is 0.207 e. The van der Waals surface area contributed by atoms with Gasteiger partial charge < -0.3 is 4.79 Å². The van der Waals surface area contributed by atoms with Crippen LogP contribution in [-0.2, 0) is 9.36 Å². The quantitative estimate of drug-likeness (QED) is 0.643. The summed E-state index contributed by atoms with van der Waals surface area (Å²) in [6, 6.07) is 18.8. The molecule has 0 saturated carbocycles. The van der Waals surface area contributed by atoms with E-state index in [9.17, 15) is 9.36 Å². The summed E-state index contributed by atoms with van der Waals surface area (Å²) in [7, 11) is -2.97. The lowest BCUT2D eigenvalue weighted by atomic mass is 10.1. The molecule has 22 heavy (non-hydrogen) atoms. The van der Waals surface area contributed by atoms with Gasteiger partial charge in [0.15, 0.2) is 0 Å². The van der Waals surface area contributed by atoms with E-state index in [-0.39, 0.29) is 6.04 Å². The van der Waals surface area contributed by atoms with Crippen molar-refractivity contribution in [2.75, 3.05) is 6.54 Å². The molecule has 3 rings (SSSR count). The zero-order valence-electron chi connectivity index (χ0n) is 12.5. The molecule has 1 heterocycles. The molecule has 0 aliphatic carbocycles. The van der Waals surface area contributed by atoms with Crippen molar-refractivity contribution in [3.63, 3.8) is 0 Å². The van der Waals surface area contributed by atoms with Crippen molar-refractivity contribution in [3.05, 3.63) is 60.7 Å². The third kappa shape index (κ3) is 2.67. The van der Waals surface area contributed by atoms with Crippen LogP contribution in [0.4, 0.5) is 0 Å². The largest absolute Gasteiger partial charge is 0.302 e. The van der Waals surface area contributed by atoms with Crippen LogP contribution in [0.3, 0.4) is 0 Å². The molecule has 2 aromatic carbocycles. The monoisotopic (exact) mass is 313 g/mol. The third-order valence-corrected chi connectivity index (χ3v) is 7.47. The van der Waals surface area contributed by atoms with Gasteiger partial charge in [-0.3, -0.25) is 4.57 Å². The van der Waals surface area contributed by atoms with Gasteiger partial charge in [-0.15, -0.1) is 0 Å². The van der Waals surface area contributed by atoms with Crippen molar-refractivity contribution in [1.29, 1.82) is 0 Å². The van der Waals surface area contributed by atoms with Gasteiger partial charge in [-0.25, -0.2) is 4.67 Å². The van der Waals surface area contributed by atoms with E-state index in [1.807, 2.05) is 65.3 Å². The molecule has 1 fully saturated rings. The van der Waals surface area contributed by atoms with Gasteiger partial charge in [0.05, 0.1) is 6.04 Å². The first-order chi connectivity index (χ1) is 10.8. The lowest BCUT2D eigenvalue weighted by Gasteiger charge is -2.38. The minimum atomic E-state index is -2.97. The first-order valence-corrected chi connectivity index (χ1v) is 9.36. The summed E-state index contributed by atoms with van der Waals surface area (Å²) < 4.78 is 16.0. The molecule has 1 saturated heterocycles. The standard InChI is InChI=1S/C18H20NO2P/c20-15-16-9-7-8-14-19(16)22(21,17-10-3-1-4-11-17)18-12-5-2-6-13-18/h1-6,10-13,15-16H,7-9,14H2/t16-/m0/s1. The van der Waals surface area contributed by atoms with E-state index in [0.717, 1.165) is 36.2 Å². The topological polar surface area (TPSA) is 37.4 Å². The second-order valence-corrected chi connectivity index (χ2v) is 8.31. The molecule has 3 nitrogen and oxygen atoms in total. The van der Waals surface area contributed by atoms with Crippen LogP contribution < -0.4 is 10.6 Å². The average molecular weight is 313 g/mol. The van der Waals surface area contributed by atoms with Crippen LogP contribution in [0, 0.1) is 0 Å². The highest BCUT2D eigenvalue weighted by atomic mass is 31.2. The zero-order valence-corrected chi connectivity index (χ0v) is 13.4. The Bertz CT molecular complexity index is 629. The van der Waals surface area contributed by atoms with Crippen molar-refractivity contribution in [1.82, 2.24) is 4.67 Å². The van der Waals surface area contributed by atoms with Gasteiger partial charge in [-0.1, -0.05) is 42.8 Å². The van der Waals surface area contributed by atoms with Crippen LogP contribution in [0.15, 0.2) is 60.7 Å². The molecular weight excluding hydrogens is 293 g/mol. The van der Waals surface area contributed by atoms with Crippen LogP contribution in [0.2, 0.25) is 0 Å². The Morgan fingerprint density at radius 3 is 1.95 bits per heavy atom. The molecule has 1 aliphatic heterocycles. The Kier molecular flexibility index (Phi) is 4.56. The van der Waals surface area contributed by atoms with E-state index in [4.69, 9.17) is 0 Å². The average Bonchev–Trinajstić information content (AvgIpc) is 2.62. The summed E-state index contributed by atoms with van der Waals surface area (Å²) in [5, 5.41) is 1.60. The number of nitrogens with zero attached hydrogens (tertiary/aromatic N) is 1. The molecule has 0 N–H and O–H groups in total. The van der Waals surface area contributed by atoms with E-state index in [1.165, 1.54) is 0 Å². The van der Waals surface area contributed by atoms with E-state index in [0.29, 0.717) is 6.54 Å². The lowest BCUT2D eigenvalue weighted by molar-refractivity contribution is -0.111. The predicted octanol–water partition coefficient (Wildman–Crippen LogP) is 2.97. The first-order valence-electron chi connectivity index (χ1n) is 7.70. The highest BCUT2D eigenvalue weighted by Crippen LogP contribution is 2.50. The zero-order chi connectivity index (χ0) is 15.4. The van der Waals surface area contributed by atoms with Gasteiger partial charge in [0.2, 0.25) is 7.29 Å². The summed E-state index contributed by atoms with van der Waals surface area (Å²) >= 11 is 0. The Morgan fingerprint density at radius 1 is 0.909 bits per heavy atom. The Morgan fingerprint density at radius 2 is 1.45 bits per heavy atom. The van der Waals surface area contributed by atoms with Crippen molar-refractivity contribution >= 4 is 24.2 Å². The van der Waals surface area contributed by atoms with E-state index < -0.39 is 7.29 Å². The molecule has 4 heteroatoms. The second kappa shape index (κ2) is 6.60. The molecule has 0 radical (unpaired) electrons. The Labute approximate surface area is 131 Å². The first kappa shape index (κ1) is 15.2. The molecule has 0 spiro atoms. The van der Waals surface area contributed by atoms with Crippen molar-refractivity contribution < 1.29 is 9.36 Å². The van der Waals surface area contributed by atoms with Gasteiger partial charge in [-0.2, -0.15) is 0 Å². The summed E-state index contributed by atoms with van der Waals surface area (Å²) in [4.78, 5) is 11.5. The highest BCUT2D eigenvalue weighted by Gasteiger charge is 2.39. The van der Waals surface area contributed by atoms with Crippen LogP contribution >= 0.6 is 7.29 Å².